The van der Waals surface area contributed by atoms with Gasteiger partial charge < -0.3 is 5.32 Å². The highest BCUT2D eigenvalue weighted by Crippen LogP contribution is 2.54. The van der Waals surface area contributed by atoms with E-state index < -0.39 is 0 Å². The number of halogens is 1. The molecule has 0 radical (unpaired) electrons. The predicted octanol–water partition coefficient (Wildman–Crippen LogP) is 4.02. The van der Waals surface area contributed by atoms with Crippen LogP contribution in [0.5, 0.6) is 0 Å². The van der Waals surface area contributed by atoms with Crippen LogP contribution in [0.25, 0.3) is 0 Å². The van der Waals surface area contributed by atoms with Crippen molar-refractivity contribution >= 4 is 12.4 Å². The van der Waals surface area contributed by atoms with Crippen molar-refractivity contribution in [2.24, 2.45) is 5.92 Å². The monoisotopic (exact) mass is 291 g/mol. The van der Waals surface area contributed by atoms with Crippen molar-refractivity contribution in [2.45, 2.75) is 63.3 Å². The van der Waals surface area contributed by atoms with Gasteiger partial charge in [-0.2, -0.15) is 0 Å². The van der Waals surface area contributed by atoms with Gasteiger partial charge in [-0.1, -0.05) is 38.0 Å². The van der Waals surface area contributed by atoms with Gasteiger partial charge in [0.2, 0.25) is 0 Å². The molecule has 1 aromatic carbocycles. The van der Waals surface area contributed by atoms with Gasteiger partial charge in [0.05, 0.1) is 0 Å². The molecular weight excluding hydrogens is 266 g/mol. The van der Waals surface area contributed by atoms with Gasteiger partial charge in [0, 0.05) is 11.5 Å². The fraction of sp³-hybridized carbons (Fsp3) is 0.667. The molecular formula is C18H26ClN. The van der Waals surface area contributed by atoms with Crippen LogP contribution < -0.4 is 5.32 Å². The first-order chi connectivity index (χ1) is 9.35. The zero-order valence-corrected chi connectivity index (χ0v) is 13.3. The highest BCUT2D eigenvalue weighted by atomic mass is 35.5. The molecule has 1 N–H and O–H groups in total. The van der Waals surface area contributed by atoms with Crippen molar-refractivity contribution in [1.29, 1.82) is 0 Å². The quantitative estimate of drug-likeness (QED) is 0.824. The van der Waals surface area contributed by atoms with Gasteiger partial charge in [0.15, 0.2) is 0 Å². The molecule has 3 aliphatic rings. The maximum Gasteiger partial charge on any atom is 0.0144 e. The maximum absolute atomic E-state index is 3.84. The molecule has 3 atom stereocenters. The van der Waals surface area contributed by atoms with Crippen LogP contribution in [0.4, 0.5) is 0 Å². The third-order valence-corrected chi connectivity index (χ3v) is 6.18. The Hall–Kier alpha value is -0.530. The number of hydrogen-bond acceptors (Lipinski definition) is 1. The summed E-state index contributed by atoms with van der Waals surface area (Å²) in [7, 11) is 0. The average molecular weight is 292 g/mol. The summed E-state index contributed by atoms with van der Waals surface area (Å²) in [6, 6.07) is 7.90. The summed E-state index contributed by atoms with van der Waals surface area (Å²) in [6.07, 6.45) is 9.63. The number of piperidine rings is 1. The number of benzene rings is 1. The van der Waals surface area contributed by atoms with E-state index in [1.54, 1.807) is 16.7 Å². The van der Waals surface area contributed by atoms with E-state index in [4.69, 9.17) is 0 Å². The highest BCUT2D eigenvalue weighted by Gasteiger charge is 2.51. The van der Waals surface area contributed by atoms with Crippen molar-refractivity contribution < 1.29 is 0 Å². The Balaban J connectivity index is 0.00000121. The van der Waals surface area contributed by atoms with Gasteiger partial charge in [0.25, 0.3) is 0 Å². The van der Waals surface area contributed by atoms with Crippen LogP contribution in [0.3, 0.4) is 0 Å². The van der Waals surface area contributed by atoms with E-state index in [0.717, 1.165) is 12.0 Å². The molecule has 1 saturated heterocycles. The Morgan fingerprint density at radius 2 is 2.15 bits per heavy atom. The Morgan fingerprint density at radius 3 is 3.00 bits per heavy atom. The normalized spacial score (nSPS) is 34.6. The first kappa shape index (κ1) is 14.4. The molecule has 4 rings (SSSR count). The van der Waals surface area contributed by atoms with Crippen LogP contribution in [0.2, 0.25) is 0 Å². The van der Waals surface area contributed by atoms with Crippen LogP contribution in [0, 0.1) is 5.92 Å². The van der Waals surface area contributed by atoms with E-state index in [0.29, 0.717) is 5.41 Å². The van der Waals surface area contributed by atoms with E-state index in [1.807, 2.05) is 0 Å². The average Bonchev–Trinajstić information content (AvgIpc) is 2.46. The van der Waals surface area contributed by atoms with Crippen LogP contribution in [0.1, 0.15) is 55.7 Å². The van der Waals surface area contributed by atoms with E-state index in [2.05, 4.69) is 30.4 Å². The van der Waals surface area contributed by atoms with Gasteiger partial charge in [-0.25, -0.2) is 0 Å². The smallest absolute Gasteiger partial charge is 0.0144 e. The first-order valence-electron chi connectivity index (χ1n) is 8.20. The summed E-state index contributed by atoms with van der Waals surface area (Å²) in [5, 5.41) is 3.84. The lowest BCUT2D eigenvalue weighted by Crippen LogP contribution is -2.59. The number of aryl methyl sites for hydroxylation is 1. The van der Waals surface area contributed by atoms with Gasteiger partial charge in [-0.05, 0) is 61.3 Å². The van der Waals surface area contributed by atoms with Gasteiger partial charge in [-0.3, -0.25) is 0 Å². The second kappa shape index (κ2) is 5.35. The second-order valence-corrected chi connectivity index (χ2v) is 6.82. The van der Waals surface area contributed by atoms with Crippen molar-refractivity contribution in [1.82, 2.24) is 5.32 Å². The SMILES string of the molecule is CCc1cccc2c1C[C@H]1NCC[C@@]23CCCC[C@@H]13.Cl. The molecule has 1 aromatic rings. The number of rotatable bonds is 1. The summed E-state index contributed by atoms with van der Waals surface area (Å²) in [5.74, 6) is 0.912. The van der Waals surface area contributed by atoms with E-state index >= 15 is 0 Å². The van der Waals surface area contributed by atoms with Gasteiger partial charge >= 0.3 is 0 Å². The third-order valence-electron chi connectivity index (χ3n) is 6.18. The van der Waals surface area contributed by atoms with E-state index in [1.165, 1.54) is 51.5 Å². The Bertz CT molecular complexity index is 494. The molecule has 2 aliphatic carbocycles. The van der Waals surface area contributed by atoms with Crippen LogP contribution in [0.15, 0.2) is 18.2 Å². The Kier molecular flexibility index (Phi) is 3.85. The number of nitrogens with one attached hydrogen (secondary N) is 1. The lowest BCUT2D eigenvalue weighted by atomic mass is 9.52. The molecule has 1 saturated carbocycles. The van der Waals surface area contributed by atoms with Crippen molar-refractivity contribution in [3.63, 3.8) is 0 Å². The minimum Gasteiger partial charge on any atom is -0.313 e. The summed E-state index contributed by atoms with van der Waals surface area (Å²) >= 11 is 0. The van der Waals surface area contributed by atoms with Crippen LogP contribution in [-0.2, 0) is 18.3 Å². The first-order valence-corrected chi connectivity index (χ1v) is 8.20. The molecule has 1 aliphatic heterocycles. The fourth-order valence-electron chi connectivity index (χ4n) is 5.36. The topological polar surface area (TPSA) is 12.0 Å². The summed E-state index contributed by atoms with van der Waals surface area (Å²) in [6.45, 7) is 3.54. The number of hydrogen-bond donors (Lipinski definition) is 1. The molecule has 1 nitrogen and oxygen atoms in total. The maximum atomic E-state index is 3.84. The molecule has 0 aromatic heterocycles. The van der Waals surface area contributed by atoms with Gasteiger partial charge in [-0.15, -0.1) is 12.4 Å². The number of fused-ring (bicyclic) bond motifs is 1. The molecule has 2 fully saturated rings. The minimum absolute atomic E-state index is 0. The Morgan fingerprint density at radius 1 is 1.25 bits per heavy atom. The zero-order chi connectivity index (χ0) is 12.9. The summed E-state index contributed by atoms with van der Waals surface area (Å²) in [5.41, 5.74) is 5.59. The van der Waals surface area contributed by atoms with Crippen molar-refractivity contribution in [3.05, 3.63) is 34.9 Å². The fourth-order valence-corrected chi connectivity index (χ4v) is 5.36. The van der Waals surface area contributed by atoms with Crippen LogP contribution >= 0.6 is 12.4 Å². The molecule has 110 valence electrons. The van der Waals surface area contributed by atoms with E-state index in [9.17, 15) is 0 Å². The molecule has 0 amide bonds. The molecule has 0 unspecified atom stereocenters. The molecule has 2 heteroatoms. The highest BCUT2D eigenvalue weighted by molar-refractivity contribution is 5.85. The molecule has 20 heavy (non-hydrogen) atoms. The predicted molar refractivity (Wildman–Crippen MR) is 86.8 cm³/mol. The summed E-state index contributed by atoms with van der Waals surface area (Å²) < 4.78 is 0. The third kappa shape index (κ3) is 1.86. The minimum atomic E-state index is 0. The summed E-state index contributed by atoms with van der Waals surface area (Å²) in [4.78, 5) is 0. The second-order valence-electron chi connectivity index (χ2n) is 6.82. The molecule has 2 bridgehead atoms. The Labute approximate surface area is 128 Å². The van der Waals surface area contributed by atoms with E-state index in [-0.39, 0.29) is 12.4 Å². The van der Waals surface area contributed by atoms with Gasteiger partial charge in [0.1, 0.15) is 0 Å². The zero-order valence-electron chi connectivity index (χ0n) is 12.5. The van der Waals surface area contributed by atoms with Crippen LogP contribution in [-0.4, -0.2) is 12.6 Å². The van der Waals surface area contributed by atoms with Crippen molar-refractivity contribution in [2.75, 3.05) is 6.54 Å². The lowest BCUT2D eigenvalue weighted by molar-refractivity contribution is 0.0795. The molecule has 1 heterocycles. The van der Waals surface area contributed by atoms with Crippen molar-refractivity contribution in [3.8, 4) is 0 Å². The molecule has 0 spiro atoms. The standard InChI is InChI=1S/C18H25N.ClH/c1-2-13-6-5-8-15-14(13)12-17-16-7-3-4-9-18(15,16)10-11-19-17;/h5-6,8,16-17,19H,2-4,7,9-12H2,1H3;1H/t16-,17+,18-;/m0./s1. The largest absolute Gasteiger partial charge is 0.313 e. The lowest BCUT2D eigenvalue weighted by Gasteiger charge is -2.56.